The second-order valence-corrected chi connectivity index (χ2v) is 5.25. The van der Waals surface area contributed by atoms with Crippen molar-refractivity contribution in [3.63, 3.8) is 0 Å². The summed E-state index contributed by atoms with van der Waals surface area (Å²) in [6.07, 6.45) is 4.47. The predicted octanol–water partition coefficient (Wildman–Crippen LogP) is 4.45. The van der Waals surface area contributed by atoms with Gasteiger partial charge in [0.15, 0.2) is 11.3 Å². The number of halogens is 1. The molecule has 0 unspecified atom stereocenters. The van der Waals surface area contributed by atoms with Crippen LogP contribution in [0, 0.1) is 0 Å². The first-order valence-electron chi connectivity index (χ1n) is 6.86. The number of aromatic nitrogens is 1. The molecule has 0 amide bonds. The van der Waals surface area contributed by atoms with Gasteiger partial charge in [-0.05, 0) is 29.8 Å². The molecule has 1 heterocycles. The highest BCUT2D eigenvalue weighted by Crippen LogP contribution is 2.17. The zero-order chi connectivity index (χ0) is 16.2. The van der Waals surface area contributed by atoms with Gasteiger partial charge >= 0.3 is 5.63 Å². The number of nitrogens with zero attached hydrogens (tertiary/aromatic N) is 1. The molecule has 1 N–H and O–H groups in total. The Labute approximate surface area is 137 Å². The molecule has 0 saturated carbocycles. The van der Waals surface area contributed by atoms with Crippen LogP contribution >= 0.6 is 11.6 Å². The van der Waals surface area contributed by atoms with Crippen LogP contribution in [-0.2, 0) is 0 Å². The number of hydrogen-bond donors (Lipinski definition) is 1. The van der Waals surface area contributed by atoms with Crippen molar-refractivity contribution in [2.75, 3.05) is 0 Å². The summed E-state index contributed by atoms with van der Waals surface area (Å²) in [4.78, 5) is 16.1. The van der Waals surface area contributed by atoms with Crippen LogP contribution in [0.15, 0.2) is 69.6 Å². The van der Waals surface area contributed by atoms with Gasteiger partial charge in [-0.15, -0.1) is 0 Å². The maximum Gasteiger partial charge on any atom is 0.362 e. The second-order valence-electron chi connectivity index (χ2n) is 4.81. The summed E-state index contributed by atoms with van der Waals surface area (Å²) in [5.74, 6) is -0.102. The van der Waals surface area contributed by atoms with Gasteiger partial charge in [-0.1, -0.05) is 48.0 Å². The van der Waals surface area contributed by atoms with E-state index in [1.165, 1.54) is 12.2 Å². The normalized spacial score (nSPS) is 12.1. The summed E-state index contributed by atoms with van der Waals surface area (Å²) in [5.41, 5.74) is 1.10. The number of aliphatic hydroxyl groups excluding tert-OH is 1. The average molecular weight is 326 g/mol. The zero-order valence-corrected chi connectivity index (χ0v) is 12.7. The Morgan fingerprint density at radius 1 is 1.17 bits per heavy atom. The van der Waals surface area contributed by atoms with Crippen molar-refractivity contribution in [1.29, 1.82) is 0 Å². The van der Waals surface area contributed by atoms with Crippen LogP contribution in [-0.4, -0.2) is 10.1 Å². The van der Waals surface area contributed by atoms with E-state index in [4.69, 9.17) is 16.0 Å². The lowest BCUT2D eigenvalue weighted by atomic mass is 10.2. The average Bonchev–Trinajstić information content (AvgIpc) is 2.55. The van der Waals surface area contributed by atoms with Crippen LogP contribution in [0.2, 0.25) is 5.02 Å². The lowest BCUT2D eigenvalue weighted by Crippen LogP contribution is -2.06. The molecule has 3 aromatic rings. The molecule has 0 aliphatic rings. The molecular weight excluding hydrogens is 314 g/mol. The molecule has 0 fully saturated rings. The molecule has 5 heteroatoms. The van der Waals surface area contributed by atoms with Crippen LogP contribution in [0.3, 0.4) is 0 Å². The van der Waals surface area contributed by atoms with Crippen LogP contribution in [0.25, 0.3) is 23.3 Å². The van der Waals surface area contributed by atoms with E-state index in [0.29, 0.717) is 16.1 Å². The van der Waals surface area contributed by atoms with E-state index >= 15 is 0 Å². The van der Waals surface area contributed by atoms with Gasteiger partial charge in [0, 0.05) is 11.1 Å². The molecule has 23 heavy (non-hydrogen) atoms. The maximum atomic E-state index is 11.9. The van der Waals surface area contributed by atoms with E-state index in [1.807, 2.05) is 30.3 Å². The van der Waals surface area contributed by atoms with E-state index in [9.17, 15) is 9.90 Å². The van der Waals surface area contributed by atoms with E-state index in [2.05, 4.69) is 4.98 Å². The first-order valence-corrected chi connectivity index (χ1v) is 7.24. The molecule has 4 nitrogen and oxygen atoms in total. The molecule has 2 aromatic carbocycles. The van der Waals surface area contributed by atoms with E-state index < -0.39 is 5.63 Å². The quantitative estimate of drug-likeness (QED) is 0.570. The van der Waals surface area contributed by atoms with Gasteiger partial charge in [0.05, 0.1) is 0 Å². The summed E-state index contributed by atoms with van der Waals surface area (Å²) in [7, 11) is 0. The third kappa shape index (κ3) is 3.67. The fraction of sp³-hybridized carbons (Fsp3) is 0. The molecule has 3 rings (SSSR count). The van der Waals surface area contributed by atoms with Crippen LogP contribution in [0.5, 0.6) is 0 Å². The van der Waals surface area contributed by atoms with Gasteiger partial charge in [0.1, 0.15) is 11.3 Å². The second kappa shape index (κ2) is 6.50. The van der Waals surface area contributed by atoms with Crippen molar-refractivity contribution in [2.24, 2.45) is 0 Å². The molecular formula is C18H12ClNO3. The van der Waals surface area contributed by atoms with Gasteiger partial charge in [-0.2, -0.15) is 0 Å². The third-order valence-corrected chi connectivity index (χ3v) is 3.34. The lowest BCUT2D eigenvalue weighted by molar-refractivity contribution is 0.437. The summed E-state index contributed by atoms with van der Waals surface area (Å²) in [5, 5.41) is 10.4. The zero-order valence-electron chi connectivity index (χ0n) is 11.9. The van der Waals surface area contributed by atoms with Gasteiger partial charge in [0.2, 0.25) is 0 Å². The molecule has 114 valence electrons. The van der Waals surface area contributed by atoms with Crippen LogP contribution in [0.4, 0.5) is 0 Å². The number of rotatable bonds is 3. The Bertz CT molecular complexity index is 959. The predicted molar refractivity (Wildman–Crippen MR) is 91.4 cm³/mol. The summed E-state index contributed by atoms with van der Waals surface area (Å²) in [6, 6.07) is 14.3. The Morgan fingerprint density at radius 3 is 2.74 bits per heavy atom. The summed E-state index contributed by atoms with van der Waals surface area (Å²) < 4.78 is 5.15. The fourth-order valence-corrected chi connectivity index (χ4v) is 2.18. The molecule has 0 radical (unpaired) electrons. The number of fused-ring (bicyclic) bond motifs is 1. The van der Waals surface area contributed by atoms with E-state index in [1.54, 1.807) is 24.3 Å². The smallest absolute Gasteiger partial charge is 0.362 e. The highest BCUT2D eigenvalue weighted by molar-refractivity contribution is 6.31. The van der Waals surface area contributed by atoms with Gasteiger partial charge < -0.3 is 9.52 Å². The monoisotopic (exact) mass is 325 g/mol. The van der Waals surface area contributed by atoms with Crippen molar-refractivity contribution >= 4 is 34.9 Å². The van der Waals surface area contributed by atoms with Crippen molar-refractivity contribution in [2.45, 2.75) is 0 Å². The van der Waals surface area contributed by atoms with Crippen molar-refractivity contribution < 1.29 is 9.52 Å². The van der Waals surface area contributed by atoms with Crippen molar-refractivity contribution in [1.82, 2.24) is 4.98 Å². The lowest BCUT2D eigenvalue weighted by Gasteiger charge is -1.99. The summed E-state index contributed by atoms with van der Waals surface area (Å²) in [6.45, 7) is 0. The van der Waals surface area contributed by atoms with Gasteiger partial charge in [-0.25, -0.2) is 9.78 Å². The Kier molecular flexibility index (Phi) is 4.26. The largest absolute Gasteiger partial charge is 0.508 e. The maximum absolute atomic E-state index is 11.9. The van der Waals surface area contributed by atoms with Crippen LogP contribution in [0.1, 0.15) is 11.3 Å². The van der Waals surface area contributed by atoms with Crippen LogP contribution < -0.4 is 5.63 Å². The van der Waals surface area contributed by atoms with E-state index in [-0.39, 0.29) is 11.5 Å². The van der Waals surface area contributed by atoms with E-state index in [0.717, 1.165) is 5.56 Å². The molecule has 0 aliphatic carbocycles. The number of benzene rings is 2. The summed E-state index contributed by atoms with van der Waals surface area (Å²) >= 11 is 5.90. The van der Waals surface area contributed by atoms with Gasteiger partial charge in [0.25, 0.3) is 0 Å². The number of aliphatic hydroxyl groups is 1. The topological polar surface area (TPSA) is 63.3 Å². The molecule has 1 aromatic heterocycles. The molecule has 0 saturated heterocycles. The number of hydrogen-bond acceptors (Lipinski definition) is 4. The SMILES string of the molecule is O=c1oc2ccc(Cl)cc2nc1/C=C(O)\C=C\c1ccccc1. The highest BCUT2D eigenvalue weighted by atomic mass is 35.5. The Morgan fingerprint density at radius 2 is 1.96 bits per heavy atom. The highest BCUT2D eigenvalue weighted by Gasteiger charge is 2.06. The van der Waals surface area contributed by atoms with Crippen molar-refractivity contribution in [3.8, 4) is 0 Å². The third-order valence-electron chi connectivity index (χ3n) is 3.10. The fourth-order valence-electron chi connectivity index (χ4n) is 2.02. The first kappa shape index (κ1) is 15.1. The minimum absolute atomic E-state index is 0.00924. The standard InChI is InChI=1S/C18H12ClNO3/c19-13-7-9-17-15(10-13)20-16(18(22)23-17)11-14(21)8-6-12-4-2-1-3-5-12/h1-11,21H/b8-6+,14-11+. The molecule has 0 spiro atoms. The molecule has 0 atom stereocenters. The molecule has 0 aliphatic heterocycles. The number of allylic oxidation sites excluding steroid dienone is 1. The Balaban J connectivity index is 1.94. The minimum Gasteiger partial charge on any atom is -0.508 e. The Hall–Kier alpha value is -2.85. The molecule has 0 bridgehead atoms. The minimum atomic E-state index is -0.625. The first-order chi connectivity index (χ1) is 11.1. The van der Waals surface area contributed by atoms with Gasteiger partial charge in [-0.3, -0.25) is 0 Å². The van der Waals surface area contributed by atoms with Crippen molar-refractivity contribution in [3.05, 3.63) is 87.1 Å².